The van der Waals surface area contributed by atoms with Crippen LogP contribution in [-0.2, 0) is 0 Å². The first kappa shape index (κ1) is 10.5. The van der Waals surface area contributed by atoms with Gasteiger partial charge < -0.3 is 5.73 Å². The van der Waals surface area contributed by atoms with Gasteiger partial charge in [0.1, 0.15) is 0 Å². The summed E-state index contributed by atoms with van der Waals surface area (Å²) >= 11 is 0. The molecule has 5 heteroatoms. The van der Waals surface area contributed by atoms with Crippen molar-refractivity contribution in [3.8, 4) is 17.1 Å². The van der Waals surface area contributed by atoms with Crippen molar-refractivity contribution in [2.75, 3.05) is 5.73 Å². The number of hydrogen-bond donors (Lipinski definition) is 1. The van der Waals surface area contributed by atoms with E-state index in [9.17, 15) is 0 Å². The van der Waals surface area contributed by atoms with E-state index >= 15 is 0 Å². The van der Waals surface area contributed by atoms with Crippen LogP contribution in [0.4, 0.5) is 5.69 Å². The van der Waals surface area contributed by atoms with Crippen molar-refractivity contribution in [2.24, 2.45) is 0 Å². The van der Waals surface area contributed by atoms with E-state index < -0.39 is 0 Å². The summed E-state index contributed by atoms with van der Waals surface area (Å²) in [4.78, 5) is 8.27. The summed E-state index contributed by atoms with van der Waals surface area (Å²) in [7, 11) is 0. The van der Waals surface area contributed by atoms with E-state index in [0.29, 0.717) is 5.95 Å². The van der Waals surface area contributed by atoms with E-state index in [2.05, 4.69) is 15.1 Å². The maximum Gasteiger partial charge on any atom is 0.250 e. The monoisotopic (exact) mass is 237 g/mol. The SMILES string of the molecule is Nc1ccccc1-c1cnn(-c2ncccn2)c1. The van der Waals surface area contributed by atoms with Gasteiger partial charge in [0.05, 0.1) is 6.20 Å². The highest BCUT2D eigenvalue weighted by atomic mass is 15.3. The lowest BCUT2D eigenvalue weighted by Gasteiger charge is -2.01. The van der Waals surface area contributed by atoms with Crippen LogP contribution in [0.1, 0.15) is 0 Å². The van der Waals surface area contributed by atoms with E-state index in [1.165, 1.54) is 0 Å². The van der Waals surface area contributed by atoms with Crippen LogP contribution in [0.15, 0.2) is 55.1 Å². The highest BCUT2D eigenvalue weighted by molar-refractivity contribution is 5.75. The molecule has 3 aromatic rings. The molecule has 0 saturated carbocycles. The fourth-order valence-corrected chi connectivity index (χ4v) is 1.74. The number of anilines is 1. The molecule has 0 aliphatic rings. The molecule has 2 N–H and O–H groups in total. The third kappa shape index (κ3) is 1.82. The van der Waals surface area contributed by atoms with Crippen LogP contribution >= 0.6 is 0 Å². The normalized spacial score (nSPS) is 10.4. The minimum atomic E-state index is 0.540. The zero-order valence-corrected chi connectivity index (χ0v) is 9.56. The number of nitrogens with zero attached hydrogens (tertiary/aromatic N) is 4. The topological polar surface area (TPSA) is 69.6 Å². The molecule has 0 atom stereocenters. The first-order chi connectivity index (χ1) is 8.84. The molecule has 88 valence electrons. The van der Waals surface area contributed by atoms with Crippen molar-refractivity contribution in [3.63, 3.8) is 0 Å². The average Bonchev–Trinajstić information content (AvgIpc) is 2.90. The van der Waals surface area contributed by atoms with Crippen molar-refractivity contribution < 1.29 is 0 Å². The summed E-state index contributed by atoms with van der Waals surface area (Å²) in [6.45, 7) is 0. The largest absolute Gasteiger partial charge is 0.398 e. The molecule has 0 unspecified atom stereocenters. The van der Waals surface area contributed by atoms with Crippen molar-refractivity contribution in [3.05, 3.63) is 55.1 Å². The van der Waals surface area contributed by atoms with Gasteiger partial charge in [0.2, 0.25) is 5.95 Å². The zero-order chi connectivity index (χ0) is 12.4. The quantitative estimate of drug-likeness (QED) is 0.691. The van der Waals surface area contributed by atoms with Gasteiger partial charge >= 0.3 is 0 Å². The van der Waals surface area contributed by atoms with Crippen molar-refractivity contribution in [1.29, 1.82) is 0 Å². The molecule has 0 aliphatic carbocycles. The Morgan fingerprint density at radius 1 is 1.00 bits per heavy atom. The molecular weight excluding hydrogens is 226 g/mol. The minimum absolute atomic E-state index is 0.540. The molecule has 18 heavy (non-hydrogen) atoms. The molecule has 0 fully saturated rings. The third-order valence-corrected chi connectivity index (χ3v) is 2.61. The number of nitrogens with two attached hydrogens (primary N) is 1. The molecule has 2 aromatic heterocycles. The molecule has 5 nitrogen and oxygen atoms in total. The van der Waals surface area contributed by atoms with Gasteiger partial charge in [-0.05, 0) is 12.1 Å². The fraction of sp³-hybridized carbons (Fsp3) is 0. The Hall–Kier alpha value is -2.69. The molecule has 0 radical (unpaired) electrons. The van der Waals surface area contributed by atoms with Gasteiger partial charge in [0.15, 0.2) is 0 Å². The van der Waals surface area contributed by atoms with Crippen LogP contribution < -0.4 is 5.73 Å². The molecule has 0 bridgehead atoms. The Morgan fingerprint density at radius 2 is 1.78 bits per heavy atom. The van der Waals surface area contributed by atoms with Crippen molar-refractivity contribution in [1.82, 2.24) is 19.7 Å². The molecular formula is C13H11N5. The molecule has 3 rings (SSSR count). The summed E-state index contributed by atoms with van der Waals surface area (Å²) in [5.74, 6) is 0.540. The Labute approximate surface area is 104 Å². The van der Waals surface area contributed by atoms with Gasteiger partial charge in [-0.1, -0.05) is 18.2 Å². The molecule has 0 aliphatic heterocycles. The van der Waals surface area contributed by atoms with Gasteiger partial charge in [-0.2, -0.15) is 5.10 Å². The van der Waals surface area contributed by atoms with Gasteiger partial charge in [-0.15, -0.1) is 0 Å². The number of rotatable bonds is 2. The summed E-state index contributed by atoms with van der Waals surface area (Å²) < 4.78 is 1.63. The van der Waals surface area contributed by atoms with E-state index in [-0.39, 0.29) is 0 Å². The zero-order valence-electron chi connectivity index (χ0n) is 9.56. The van der Waals surface area contributed by atoms with Crippen molar-refractivity contribution >= 4 is 5.69 Å². The Balaban J connectivity index is 2.03. The van der Waals surface area contributed by atoms with Crippen LogP contribution in [-0.4, -0.2) is 19.7 Å². The van der Waals surface area contributed by atoms with Crippen LogP contribution in [0.5, 0.6) is 0 Å². The second-order valence-electron chi connectivity index (χ2n) is 3.81. The van der Waals surface area contributed by atoms with Crippen molar-refractivity contribution in [2.45, 2.75) is 0 Å². The number of hydrogen-bond acceptors (Lipinski definition) is 4. The van der Waals surface area contributed by atoms with E-state index in [1.807, 2.05) is 30.5 Å². The van der Waals surface area contributed by atoms with E-state index in [0.717, 1.165) is 16.8 Å². The van der Waals surface area contributed by atoms with Gasteiger partial charge in [-0.3, -0.25) is 0 Å². The van der Waals surface area contributed by atoms with E-state index in [4.69, 9.17) is 5.73 Å². The fourth-order valence-electron chi connectivity index (χ4n) is 1.74. The van der Waals surface area contributed by atoms with Crippen LogP contribution in [0.25, 0.3) is 17.1 Å². The van der Waals surface area contributed by atoms with Gasteiger partial charge in [0, 0.05) is 35.4 Å². The molecule has 2 heterocycles. The Kier molecular flexibility index (Phi) is 2.49. The highest BCUT2D eigenvalue weighted by Crippen LogP contribution is 2.24. The van der Waals surface area contributed by atoms with Gasteiger partial charge in [0.25, 0.3) is 0 Å². The number of benzene rings is 1. The summed E-state index contributed by atoms with van der Waals surface area (Å²) in [6.07, 6.45) is 6.98. The summed E-state index contributed by atoms with van der Waals surface area (Å²) in [5, 5.41) is 4.24. The predicted octanol–water partition coefficient (Wildman–Crippen LogP) is 1.91. The molecule has 0 amide bonds. The van der Waals surface area contributed by atoms with E-state index in [1.54, 1.807) is 29.3 Å². The lowest BCUT2D eigenvalue weighted by Crippen LogP contribution is -1.99. The predicted molar refractivity (Wildman–Crippen MR) is 69.0 cm³/mol. The van der Waals surface area contributed by atoms with Crippen LogP contribution in [0.3, 0.4) is 0 Å². The average molecular weight is 237 g/mol. The maximum absolute atomic E-state index is 5.93. The third-order valence-electron chi connectivity index (χ3n) is 2.61. The first-order valence-corrected chi connectivity index (χ1v) is 5.51. The highest BCUT2D eigenvalue weighted by Gasteiger charge is 2.06. The van der Waals surface area contributed by atoms with Crippen LogP contribution in [0, 0.1) is 0 Å². The summed E-state index contributed by atoms with van der Waals surface area (Å²) in [5.41, 5.74) is 8.56. The second kappa shape index (κ2) is 4.29. The number of para-hydroxylation sites is 1. The molecule has 0 saturated heterocycles. The molecule has 1 aromatic carbocycles. The minimum Gasteiger partial charge on any atom is -0.398 e. The number of nitrogen functional groups attached to an aromatic ring is 1. The lowest BCUT2D eigenvalue weighted by molar-refractivity contribution is 0.808. The Morgan fingerprint density at radius 3 is 2.56 bits per heavy atom. The lowest BCUT2D eigenvalue weighted by atomic mass is 10.1. The smallest absolute Gasteiger partial charge is 0.250 e. The summed E-state index contributed by atoms with van der Waals surface area (Å²) in [6, 6.07) is 9.45. The molecule has 0 spiro atoms. The second-order valence-corrected chi connectivity index (χ2v) is 3.81. The van der Waals surface area contributed by atoms with Crippen LogP contribution in [0.2, 0.25) is 0 Å². The maximum atomic E-state index is 5.93. The first-order valence-electron chi connectivity index (χ1n) is 5.51. The standard InChI is InChI=1S/C13H11N5/c14-12-5-2-1-4-11(12)10-8-17-18(9-10)13-15-6-3-7-16-13/h1-9H,14H2. The Bertz CT molecular complexity index is 660. The van der Waals surface area contributed by atoms with Gasteiger partial charge in [-0.25, -0.2) is 14.6 Å². The number of aromatic nitrogens is 4.